The first-order valence-corrected chi connectivity index (χ1v) is 43.3. The van der Waals surface area contributed by atoms with E-state index >= 15 is 0 Å². The summed E-state index contributed by atoms with van der Waals surface area (Å²) in [6, 6.07) is 55.3. The Hall–Kier alpha value is -8.83. The van der Waals surface area contributed by atoms with Crippen LogP contribution >= 0.6 is 0 Å². The second-order valence-corrected chi connectivity index (χ2v) is 34.0. The monoisotopic (exact) mass is 1630 g/mol. The van der Waals surface area contributed by atoms with E-state index < -0.39 is 40.1 Å². The van der Waals surface area contributed by atoms with Crippen molar-refractivity contribution in [1.82, 2.24) is 21.3 Å². The first-order chi connectivity index (χ1) is 53.5. The van der Waals surface area contributed by atoms with Crippen molar-refractivity contribution in [3.05, 3.63) is 226 Å². The largest absolute Gasteiger partial charge is 1.00 e. The second kappa shape index (κ2) is 45.2. The van der Waals surface area contributed by atoms with E-state index in [2.05, 4.69) is 35.1 Å². The number of halogens is 1. The summed E-state index contributed by atoms with van der Waals surface area (Å²) in [5, 5.41) is 14.2. The summed E-state index contributed by atoms with van der Waals surface area (Å²) in [4.78, 5) is 33.8. The molecule has 4 N–H and O–H groups in total. The maximum atomic E-state index is 13.3. The lowest BCUT2D eigenvalue weighted by Gasteiger charge is -2.22. The minimum absolute atomic E-state index is 0. The Morgan fingerprint density at radius 2 is 0.598 bits per heavy atom. The molecule has 8 aromatic carbocycles. The number of nitrogens with one attached hydrogen (secondary N) is 4. The molecule has 24 nitrogen and oxygen atoms in total. The summed E-state index contributed by atoms with van der Waals surface area (Å²) in [6.07, 6.45) is 11.6. The van der Waals surface area contributed by atoms with Gasteiger partial charge in [-0.15, -0.1) is 0 Å². The third-order valence-corrected chi connectivity index (χ3v) is 26.6. The average Bonchev–Trinajstić information content (AvgIpc) is 1.61. The van der Waals surface area contributed by atoms with Gasteiger partial charge in [-0.1, -0.05) is 174 Å². The Kier molecular flexibility index (Phi) is 37.1. The van der Waals surface area contributed by atoms with Crippen LogP contribution in [0, 0.1) is 0 Å². The Morgan fingerprint density at radius 3 is 0.893 bits per heavy atom. The molecule has 4 aliphatic rings. The number of sulfonamides is 4. The van der Waals surface area contributed by atoms with E-state index in [1.165, 1.54) is 55.7 Å². The van der Waals surface area contributed by atoms with Gasteiger partial charge in [0.2, 0.25) is 0 Å². The molecule has 0 bridgehead atoms. The van der Waals surface area contributed by atoms with E-state index in [1.807, 2.05) is 166 Å². The van der Waals surface area contributed by atoms with Crippen LogP contribution in [0.3, 0.4) is 0 Å². The van der Waals surface area contributed by atoms with Gasteiger partial charge in [-0.25, -0.2) is 33.7 Å². The predicted octanol–water partition coefficient (Wildman–Crippen LogP) is 10.3. The molecular formula is C83H106ClN8O16S4-. The fraction of sp³-hybridized carbons (Fsp3) is 0.398. The van der Waals surface area contributed by atoms with Crippen LogP contribution in [0.1, 0.15) is 168 Å². The number of anilines is 4. The van der Waals surface area contributed by atoms with Gasteiger partial charge in [0.05, 0.1) is 79.7 Å². The van der Waals surface area contributed by atoms with E-state index in [0.717, 1.165) is 101 Å². The van der Waals surface area contributed by atoms with Crippen molar-refractivity contribution in [2.24, 2.45) is 0 Å². The number of methoxy groups -OCH3 is 1. The standard InChI is InChI=1S/C21H28N2O4S.C20H26N2O4S.2C20H26N2O2S.2CO2.ClH/c1-4-26-14-8-13-22-21-17-9-6-7-10-19(17)23(3)28(24,25)20-15-16(27-5-2)11-12-18(20)21;1-4-26-15-10-11-17-19(14-15)27(23,24)22(2)18-9-6-5-8-16(18)20(17)21-12-7-13-25-3;2*1-3-4-5-10-15-21-20-16-11-6-8-13-18(16)22(2)25(23,24)19-14-9-7-12-17(19)20;2*2-1-3;/h6-7,9-12,15,21-22H,4-5,8,13-14H2,1-3H3;5-6,8-11,14,20-21H,4,7,12-13H2,1-3H3;2*6-9,11-14,20-21H,3-5,10,15H2,1-2H3;;;1H/p-1. The molecule has 4 heterocycles. The lowest BCUT2D eigenvalue weighted by atomic mass is 9.96. The van der Waals surface area contributed by atoms with Crippen LogP contribution in [0.5, 0.6) is 11.5 Å². The average molecular weight is 1640 g/mol. The number of unbranched alkanes of at least 4 members (excludes halogenated alkanes) is 6. The van der Waals surface area contributed by atoms with Crippen molar-refractivity contribution < 1.29 is 84.2 Å². The Morgan fingerprint density at radius 1 is 0.330 bits per heavy atom. The predicted molar refractivity (Wildman–Crippen MR) is 432 cm³/mol. The van der Waals surface area contributed by atoms with Crippen LogP contribution in [0.4, 0.5) is 22.7 Å². The lowest BCUT2D eigenvalue weighted by molar-refractivity contribution is -0.193. The van der Waals surface area contributed by atoms with Crippen molar-refractivity contribution in [3.63, 3.8) is 0 Å². The molecule has 0 spiro atoms. The van der Waals surface area contributed by atoms with Crippen molar-refractivity contribution in [3.8, 4) is 11.5 Å². The molecule has 0 aliphatic carbocycles. The highest BCUT2D eigenvalue weighted by atomic mass is 35.5. The van der Waals surface area contributed by atoms with Gasteiger partial charge in [0.15, 0.2) is 0 Å². The van der Waals surface area contributed by atoms with Gasteiger partial charge < -0.3 is 52.6 Å². The van der Waals surface area contributed by atoms with Gasteiger partial charge in [-0.05, 0) is 166 Å². The number of rotatable bonds is 27. The fourth-order valence-electron chi connectivity index (χ4n) is 13.7. The quantitative estimate of drug-likeness (QED) is 0.0348. The summed E-state index contributed by atoms with van der Waals surface area (Å²) in [6.45, 7) is 16.3. The highest BCUT2D eigenvalue weighted by Gasteiger charge is 2.39. The van der Waals surface area contributed by atoms with E-state index in [4.69, 9.17) is 38.1 Å². The van der Waals surface area contributed by atoms with Gasteiger partial charge in [0, 0.05) is 67.3 Å². The van der Waals surface area contributed by atoms with E-state index in [1.54, 1.807) is 71.7 Å². The van der Waals surface area contributed by atoms with Gasteiger partial charge in [0.1, 0.15) is 11.5 Å². The van der Waals surface area contributed by atoms with Gasteiger partial charge in [-0.2, -0.15) is 19.2 Å². The maximum Gasteiger partial charge on any atom is 0.373 e. The summed E-state index contributed by atoms with van der Waals surface area (Å²) in [7, 11) is -6.35. The molecule has 0 saturated carbocycles. The summed E-state index contributed by atoms with van der Waals surface area (Å²) in [5.74, 6) is 1.11. The topological polar surface area (TPSA) is 303 Å². The van der Waals surface area contributed by atoms with Crippen LogP contribution < -0.4 is 60.4 Å². The molecule has 606 valence electrons. The third-order valence-electron chi connectivity index (χ3n) is 19.2. The number of fused-ring (bicyclic) bond motifs is 8. The molecule has 29 heteroatoms. The molecule has 12 rings (SSSR count). The van der Waals surface area contributed by atoms with Crippen LogP contribution in [-0.4, -0.2) is 140 Å². The van der Waals surface area contributed by atoms with Gasteiger partial charge >= 0.3 is 12.3 Å². The molecule has 0 saturated heterocycles. The van der Waals surface area contributed by atoms with Crippen molar-refractivity contribution in [2.75, 3.05) is 112 Å². The zero-order valence-electron chi connectivity index (χ0n) is 65.4. The second-order valence-electron chi connectivity index (χ2n) is 26.2. The number of para-hydroxylation sites is 4. The molecule has 4 unspecified atom stereocenters. The minimum Gasteiger partial charge on any atom is -1.00 e. The molecule has 0 aromatic heterocycles. The number of hydrogen-bond donors (Lipinski definition) is 4. The molecule has 4 atom stereocenters. The number of hydrogen-bond acceptors (Lipinski definition) is 20. The normalized spacial score (nSPS) is 17.0. The smallest absolute Gasteiger partial charge is 0.373 e. The Labute approximate surface area is 668 Å². The van der Waals surface area contributed by atoms with Crippen LogP contribution in [0.25, 0.3) is 0 Å². The Bertz CT molecular complexity index is 4720. The number of benzene rings is 8. The minimum atomic E-state index is -3.69. The lowest BCUT2D eigenvalue weighted by Crippen LogP contribution is -3.00. The highest BCUT2D eigenvalue weighted by molar-refractivity contribution is 7.93. The fourth-order valence-corrected chi connectivity index (χ4v) is 19.6. The van der Waals surface area contributed by atoms with Gasteiger partial charge in [-0.3, -0.25) is 17.2 Å². The van der Waals surface area contributed by atoms with E-state index in [9.17, 15) is 33.7 Å². The number of carbonyl (C=O) groups excluding carboxylic acids is 4. The summed E-state index contributed by atoms with van der Waals surface area (Å²) in [5.41, 5.74) is 9.85. The maximum absolute atomic E-state index is 13.3. The first kappa shape index (κ1) is 92.0. The zero-order chi connectivity index (χ0) is 80.7. The number of nitrogens with zero attached hydrogens (tertiary/aromatic N) is 4. The summed E-state index contributed by atoms with van der Waals surface area (Å²) >= 11 is 0. The molecule has 0 fully saturated rings. The molecule has 0 amide bonds. The van der Waals surface area contributed by atoms with Crippen molar-refractivity contribution >= 4 is 75.1 Å². The van der Waals surface area contributed by atoms with Crippen LogP contribution in [0.15, 0.2) is 202 Å². The molecule has 112 heavy (non-hydrogen) atoms. The molecule has 4 aliphatic heterocycles. The van der Waals surface area contributed by atoms with E-state index in [-0.39, 0.29) is 58.7 Å². The van der Waals surface area contributed by atoms with Gasteiger partial charge in [0.25, 0.3) is 40.1 Å². The first-order valence-electron chi connectivity index (χ1n) is 37.5. The van der Waals surface area contributed by atoms with Crippen molar-refractivity contribution in [1.29, 1.82) is 0 Å². The molecule has 0 radical (unpaired) electrons. The molecular weight excluding hydrogens is 1530 g/mol. The van der Waals surface area contributed by atoms with Crippen LogP contribution in [-0.2, 0) is 68.7 Å². The SMILES string of the molecule is CCCCCCNC1c2ccccc2N(C)S(=O)(=O)c2ccccc21.CCCCCCNC1c2ccccc2N(C)S(=O)(=O)c2ccccc21.CCOCCCNC1c2ccccc2N(C)S(=O)(=O)c2cc(OCC)ccc21.CCOc1ccc2c(c1)S(=O)(=O)N(C)c1ccccc1C2NCCCOC.O=C=O.O=C=O.[Cl-]. The Balaban J connectivity index is 0.000000227. The van der Waals surface area contributed by atoms with Crippen molar-refractivity contribution in [2.45, 2.75) is 143 Å². The number of ether oxygens (including phenoxy) is 4. The van der Waals surface area contributed by atoms with Crippen LogP contribution in [0.2, 0.25) is 0 Å². The summed E-state index contributed by atoms with van der Waals surface area (Å²) < 4.78 is 133. The zero-order valence-corrected chi connectivity index (χ0v) is 69.4. The molecule has 8 aromatic rings. The van der Waals surface area contributed by atoms with E-state index in [0.29, 0.717) is 72.2 Å². The third kappa shape index (κ3) is 22.6. The highest BCUT2D eigenvalue weighted by Crippen LogP contribution is 2.45.